The Morgan fingerprint density at radius 1 is 0.591 bits per heavy atom. The molecule has 0 atom stereocenters. The van der Waals surface area contributed by atoms with Crippen molar-refractivity contribution in [2.45, 2.75) is 61.2 Å². The average Bonchev–Trinajstić information content (AvgIpc) is 3.13. The summed E-state index contributed by atoms with van der Waals surface area (Å²) in [6.45, 7) is 0. The van der Waals surface area contributed by atoms with Crippen molar-refractivity contribution >= 4 is 47.0 Å². The summed E-state index contributed by atoms with van der Waals surface area (Å²) in [5.41, 5.74) is 0.339. The fourth-order valence-electron chi connectivity index (χ4n) is 2.17. The van der Waals surface area contributed by atoms with E-state index >= 15 is 0 Å². The summed E-state index contributed by atoms with van der Waals surface area (Å²) in [5, 5.41) is 6.41. The molecule has 1 heterocycles. The van der Waals surface area contributed by atoms with Crippen molar-refractivity contribution in [2.75, 3.05) is 23.0 Å². The highest BCUT2D eigenvalue weighted by Gasteiger charge is 2.22. The zero-order valence-electron chi connectivity index (χ0n) is 13.0. The lowest BCUT2D eigenvalue weighted by Gasteiger charge is -2.00. The van der Waals surface area contributed by atoms with Crippen molar-refractivity contribution in [3.63, 3.8) is 0 Å². The van der Waals surface area contributed by atoms with E-state index < -0.39 is 0 Å². The Bertz CT molecular complexity index is 454. The molecule has 0 radical (unpaired) electrons. The van der Waals surface area contributed by atoms with Crippen molar-refractivity contribution in [2.24, 2.45) is 0 Å². The van der Waals surface area contributed by atoms with Gasteiger partial charge in [0.2, 0.25) is 5.43 Å². The van der Waals surface area contributed by atoms with Crippen LogP contribution in [-0.2, 0) is 0 Å². The van der Waals surface area contributed by atoms with Crippen LogP contribution in [0.4, 0.5) is 0 Å². The normalized spacial score (nSPS) is 20.7. The molecule has 0 saturated heterocycles. The molecule has 0 fully saturated rings. The van der Waals surface area contributed by atoms with Gasteiger partial charge in [0.1, 0.15) is 0 Å². The predicted octanol–water partition coefficient (Wildman–Crippen LogP) is 5.63. The van der Waals surface area contributed by atoms with Gasteiger partial charge in [0.15, 0.2) is 0 Å². The van der Waals surface area contributed by atoms with Gasteiger partial charge in [-0.2, -0.15) is 0 Å². The smallest absolute Gasteiger partial charge is 0.208 e. The maximum atomic E-state index is 11.7. The summed E-state index contributed by atoms with van der Waals surface area (Å²) in [7, 11) is 0. The third-order valence-electron chi connectivity index (χ3n) is 3.52. The maximum Gasteiger partial charge on any atom is 0.208 e. The SMILES string of the molecule is O=c1c2c1SCCCCCCSC#CSCCCCCCS2. The van der Waals surface area contributed by atoms with E-state index in [1.807, 2.05) is 0 Å². The third kappa shape index (κ3) is 7.77. The first-order valence-corrected chi connectivity index (χ1v) is 12.1. The molecule has 1 aliphatic heterocycles. The molecule has 0 amide bonds. The minimum Gasteiger partial charge on any atom is -0.287 e. The summed E-state index contributed by atoms with van der Waals surface area (Å²) < 4.78 is 0. The van der Waals surface area contributed by atoms with Crippen LogP contribution in [0, 0.1) is 10.5 Å². The Balaban J connectivity index is 1.68. The Kier molecular flexibility index (Phi) is 10.1. The maximum absolute atomic E-state index is 11.7. The summed E-state index contributed by atoms with van der Waals surface area (Å²) in [5.74, 6) is 4.53. The highest BCUT2D eigenvalue weighted by atomic mass is 32.2. The number of fused-ring (bicyclic) bond motifs is 1. The van der Waals surface area contributed by atoms with Gasteiger partial charge in [-0.1, -0.05) is 49.2 Å². The molecule has 0 bridgehead atoms. The summed E-state index contributed by atoms with van der Waals surface area (Å²) in [6.07, 6.45) is 10.1. The van der Waals surface area contributed by atoms with E-state index in [0.29, 0.717) is 5.43 Å². The molecule has 0 unspecified atom stereocenters. The molecule has 1 aliphatic rings. The first-order valence-electron chi connectivity index (χ1n) is 8.18. The molecule has 1 aromatic carbocycles. The average molecular weight is 373 g/mol. The second kappa shape index (κ2) is 11.8. The molecular formula is C17H24OS4. The van der Waals surface area contributed by atoms with Crippen molar-refractivity contribution in [1.82, 2.24) is 0 Å². The largest absolute Gasteiger partial charge is 0.287 e. The van der Waals surface area contributed by atoms with E-state index in [1.165, 1.54) is 51.4 Å². The van der Waals surface area contributed by atoms with Gasteiger partial charge < -0.3 is 0 Å². The van der Waals surface area contributed by atoms with Gasteiger partial charge in [0.25, 0.3) is 0 Å². The molecular weight excluding hydrogens is 348 g/mol. The van der Waals surface area contributed by atoms with Gasteiger partial charge >= 0.3 is 0 Å². The predicted molar refractivity (Wildman–Crippen MR) is 106 cm³/mol. The van der Waals surface area contributed by atoms with Crippen LogP contribution in [0.2, 0.25) is 0 Å². The number of rotatable bonds is 0. The number of hydrogen-bond acceptors (Lipinski definition) is 5. The van der Waals surface area contributed by atoms with Gasteiger partial charge in [-0.25, -0.2) is 0 Å². The zero-order valence-corrected chi connectivity index (χ0v) is 16.3. The van der Waals surface area contributed by atoms with Crippen LogP contribution in [0.5, 0.6) is 0 Å². The fourth-order valence-corrected chi connectivity index (χ4v) is 5.88. The second-order valence-electron chi connectivity index (χ2n) is 5.41. The van der Waals surface area contributed by atoms with Crippen LogP contribution < -0.4 is 5.43 Å². The first-order chi connectivity index (χ1) is 10.9. The lowest BCUT2D eigenvalue weighted by molar-refractivity contribution is 0.711. The summed E-state index contributed by atoms with van der Waals surface area (Å²) in [4.78, 5) is 13.8. The van der Waals surface area contributed by atoms with Crippen molar-refractivity contribution in [3.05, 3.63) is 10.2 Å². The summed E-state index contributed by atoms with van der Waals surface area (Å²) >= 11 is 7.11. The third-order valence-corrected chi connectivity index (χ3v) is 7.60. The van der Waals surface area contributed by atoms with Crippen molar-refractivity contribution < 1.29 is 0 Å². The van der Waals surface area contributed by atoms with Crippen LogP contribution in [0.3, 0.4) is 0 Å². The minimum atomic E-state index is 0.339. The monoisotopic (exact) mass is 372 g/mol. The molecule has 0 aliphatic carbocycles. The Morgan fingerprint density at radius 2 is 1.00 bits per heavy atom. The molecule has 0 N–H and O–H groups in total. The van der Waals surface area contributed by atoms with E-state index in [1.54, 1.807) is 47.0 Å². The molecule has 5 heteroatoms. The lowest BCUT2D eigenvalue weighted by atomic mass is 10.2. The van der Waals surface area contributed by atoms with Crippen molar-refractivity contribution in [1.29, 1.82) is 0 Å². The topological polar surface area (TPSA) is 17.1 Å². The van der Waals surface area contributed by atoms with E-state index in [4.69, 9.17) is 0 Å². The Labute approximate surface area is 151 Å². The Morgan fingerprint density at radius 3 is 1.45 bits per heavy atom. The zero-order chi connectivity index (χ0) is 15.5. The molecule has 22 heavy (non-hydrogen) atoms. The van der Waals surface area contributed by atoms with Gasteiger partial charge in [-0.3, -0.25) is 4.79 Å². The molecule has 0 spiro atoms. The lowest BCUT2D eigenvalue weighted by Crippen LogP contribution is -1.84. The van der Waals surface area contributed by atoms with E-state index in [2.05, 4.69) is 10.5 Å². The van der Waals surface area contributed by atoms with Crippen LogP contribution in [0.1, 0.15) is 51.4 Å². The van der Waals surface area contributed by atoms with Crippen LogP contribution in [0.25, 0.3) is 0 Å². The molecule has 1 aromatic rings. The fraction of sp³-hybridized carbons (Fsp3) is 0.706. The van der Waals surface area contributed by atoms with Crippen LogP contribution in [-0.4, -0.2) is 23.0 Å². The summed E-state index contributed by atoms with van der Waals surface area (Å²) in [6, 6.07) is 0. The molecule has 1 nitrogen and oxygen atoms in total. The van der Waals surface area contributed by atoms with Crippen molar-refractivity contribution in [3.8, 4) is 10.5 Å². The minimum absolute atomic E-state index is 0.339. The number of hydrogen-bond donors (Lipinski definition) is 0. The van der Waals surface area contributed by atoms with Gasteiger partial charge in [0, 0.05) is 11.5 Å². The molecule has 0 aromatic heterocycles. The highest BCUT2D eigenvalue weighted by molar-refractivity contribution is 8.07. The Hall–Kier alpha value is 0.370. The van der Waals surface area contributed by atoms with Crippen LogP contribution in [0.15, 0.2) is 14.6 Å². The molecule has 122 valence electrons. The van der Waals surface area contributed by atoms with Gasteiger partial charge in [-0.05, 0) is 47.7 Å². The van der Waals surface area contributed by atoms with E-state index in [-0.39, 0.29) is 0 Å². The quantitative estimate of drug-likeness (QED) is 0.548. The first kappa shape index (κ1) is 18.7. The van der Waals surface area contributed by atoms with Gasteiger partial charge in [0.05, 0.1) is 9.79 Å². The molecule has 0 saturated carbocycles. The van der Waals surface area contributed by atoms with Crippen LogP contribution >= 0.6 is 47.0 Å². The second-order valence-corrected chi connectivity index (χ2v) is 9.43. The van der Waals surface area contributed by atoms with Gasteiger partial charge in [-0.15, -0.1) is 23.5 Å². The number of thioether (sulfide) groups is 4. The molecule has 2 rings (SSSR count). The standard InChI is InChI=1S/C17H24OS4/c18-15-16-17(15)22-12-8-4-2-6-10-20-14-13-19-9-5-1-3-7-11-21-16/h1-12H2. The van der Waals surface area contributed by atoms with E-state index in [0.717, 1.165) is 32.8 Å². The highest BCUT2D eigenvalue weighted by Crippen LogP contribution is 2.34. The van der Waals surface area contributed by atoms with E-state index in [9.17, 15) is 4.79 Å².